The highest BCUT2D eigenvalue weighted by Crippen LogP contribution is 2.33. The van der Waals surface area contributed by atoms with Gasteiger partial charge < -0.3 is 15.9 Å². The second-order valence-corrected chi connectivity index (χ2v) is 3.95. The van der Waals surface area contributed by atoms with Crippen molar-refractivity contribution in [3.63, 3.8) is 0 Å². The molecule has 1 aromatic rings. The lowest BCUT2D eigenvalue weighted by molar-refractivity contribution is 0.162. The number of benzene rings is 1. The summed E-state index contributed by atoms with van der Waals surface area (Å²) in [6.07, 6.45) is -0.852. The summed E-state index contributed by atoms with van der Waals surface area (Å²) in [6, 6.07) is 1.44. The zero-order chi connectivity index (χ0) is 10.9. The Balaban J connectivity index is 3.20. The lowest BCUT2D eigenvalue weighted by Crippen LogP contribution is -2.23. The van der Waals surface area contributed by atoms with Crippen LogP contribution in [-0.2, 0) is 0 Å². The summed E-state index contributed by atoms with van der Waals surface area (Å²) >= 11 is 2.99. The van der Waals surface area contributed by atoms with Crippen LogP contribution in [0.1, 0.15) is 18.5 Å². The molecule has 78 valence electrons. The zero-order valence-corrected chi connectivity index (χ0v) is 9.12. The van der Waals surface area contributed by atoms with Crippen molar-refractivity contribution in [1.29, 1.82) is 0 Å². The minimum Gasteiger partial charge on any atom is -0.506 e. The Morgan fingerprint density at radius 1 is 1.50 bits per heavy atom. The Morgan fingerprint density at radius 2 is 2.07 bits per heavy atom. The van der Waals surface area contributed by atoms with Gasteiger partial charge in [-0.1, -0.05) is 0 Å². The van der Waals surface area contributed by atoms with E-state index in [9.17, 15) is 14.6 Å². The van der Waals surface area contributed by atoms with Crippen LogP contribution in [-0.4, -0.2) is 16.3 Å². The van der Waals surface area contributed by atoms with Crippen LogP contribution < -0.4 is 5.73 Å². The van der Waals surface area contributed by atoms with Crippen molar-refractivity contribution in [2.75, 3.05) is 0 Å². The molecule has 14 heavy (non-hydrogen) atoms. The van der Waals surface area contributed by atoms with Crippen molar-refractivity contribution in [3.8, 4) is 5.75 Å². The number of hydrogen-bond donors (Lipinski definition) is 3. The van der Waals surface area contributed by atoms with Gasteiger partial charge in [-0.15, -0.1) is 0 Å². The summed E-state index contributed by atoms with van der Waals surface area (Å²) in [5.41, 5.74) is 5.77. The van der Waals surface area contributed by atoms with Crippen LogP contribution in [0.2, 0.25) is 0 Å². The van der Waals surface area contributed by atoms with Gasteiger partial charge in [0.25, 0.3) is 0 Å². The topological polar surface area (TPSA) is 66.5 Å². The molecule has 0 saturated heterocycles. The van der Waals surface area contributed by atoms with Gasteiger partial charge >= 0.3 is 0 Å². The van der Waals surface area contributed by atoms with Crippen LogP contribution in [0.5, 0.6) is 5.75 Å². The molecule has 0 spiro atoms. The van der Waals surface area contributed by atoms with E-state index in [1.807, 2.05) is 0 Å². The van der Waals surface area contributed by atoms with E-state index >= 15 is 0 Å². The molecular formula is C9H11BrFNO2. The molecule has 1 aromatic carbocycles. The summed E-state index contributed by atoms with van der Waals surface area (Å²) in [7, 11) is 0. The van der Waals surface area contributed by atoms with Crippen LogP contribution in [0.25, 0.3) is 0 Å². The van der Waals surface area contributed by atoms with E-state index in [1.54, 1.807) is 0 Å². The van der Waals surface area contributed by atoms with Gasteiger partial charge in [-0.25, -0.2) is 4.39 Å². The maximum Gasteiger partial charge on any atom is 0.134 e. The number of phenolic OH excluding ortho intramolecular Hbond substituents is 1. The van der Waals surface area contributed by atoms with Crippen LogP contribution >= 0.6 is 15.9 Å². The van der Waals surface area contributed by atoms with Gasteiger partial charge in [-0.3, -0.25) is 0 Å². The molecule has 0 bridgehead atoms. The van der Waals surface area contributed by atoms with Gasteiger partial charge in [0.1, 0.15) is 11.6 Å². The van der Waals surface area contributed by atoms with Gasteiger partial charge in [-0.2, -0.15) is 0 Å². The second kappa shape index (κ2) is 4.25. The minimum atomic E-state index is -0.852. The Bertz CT molecular complexity index is 344. The van der Waals surface area contributed by atoms with Crippen molar-refractivity contribution in [2.24, 2.45) is 5.73 Å². The molecule has 1 unspecified atom stereocenters. The third-order valence-corrected chi connectivity index (χ3v) is 2.54. The summed E-state index contributed by atoms with van der Waals surface area (Å²) in [5.74, 6) is -0.652. The molecule has 4 N–H and O–H groups in total. The molecule has 0 aromatic heterocycles. The van der Waals surface area contributed by atoms with Gasteiger partial charge in [0.2, 0.25) is 0 Å². The fourth-order valence-electron chi connectivity index (χ4n) is 1.10. The molecule has 0 fully saturated rings. The van der Waals surface area contributed by atoms with Crippen molar-refractivity contribution in [2.45, 2.75) is 19.1 Å². The normalized spacial score (nSPS) is 15.2. The van der Waals surface area contributed by atoms with Crippen molar-refractivity contribution in [1.82, 2.24) is 0 Å². The Morgan fingerprint density at radius 3 is 2.57 bits per heavy atom. The summed E-state index contributed by atoms with van der Waals surface area (Å²) < 4.78 is 13.2. The molecule has 5 heteroatoms. The molecule has 0 aliphatic rings. The zero-order valence-electron chi connectivity index (χ0n) is 7.54. The van der Waals surface area contributed by atoms with E-state index in [1.165, 1.54) is 6.92 Å². The average molecular weight is 264 g/mol. The number of hydrogen-bond acceptors (Lipinski definition) is 3. The van der Waals surface area contributed by atoms with Gasteiger partial charge in [0.15, 0.2) is 0 Å². The predicted molar refractivity (Wildman–Crippen MR) is 54.4 cm³/mol. The number of aliphatic hydroxyl groups excluding tert-OH is 1. The number of rotatable bonds is 2. The third kappa shape index (κ3) is 2.23. The van der Waals surface area contributed by atoms with Crippen LogP contribution in [0.3, 0.4) is 0 Å². The van der Waals surface area contributed by atoms with Gasteiger partial charge in [0, 0.05) is 5.56 Å². The smallest absolute Gasteiger partial charge is 0.134 e. The third-order valence-electron chi connectivity index (χ3n) is 1.94. The largest absolute Gasteiger partial charge is 0.506 e. The molecule has 0 radical (unpaired) electrons. The molecule has 0 aliphatic carbocycles. The van der Waals surface area contributed by atoms with E-state index in [0.29, 0.717) is 0 Å². The molecule has 0 heterocycles. The number of phenols is 1. The lowest BCUT2D eigenvalue weighted by Gasteiger charge is -2.17. The Labute approximate surface area is 89.5 Å². The SMILES string of the molecule is CC(O)[C@@H](N)c1cc(F)cc(Br)c1O. The van der Waals surface area contributed by atoms with E-state index in [2.05, 4.69) is 15.9 Å². The van der Waals surface area contributed by atoms with Crippen molar-refractivity contribution < 1.29 is 14.6 Å². The number of aromatic hydroxyl groups is 1. The first-order chi connectivity index (χ1) is 6.43. The fourth-order valence-corrected chi connectivity index (χ4v) is 1.55. The second-order valence-electron chi connectivity index (χ2n) is 3.09. The Kier molecular flexibility index (Phi) is 3.47. The lowest BCUT2D eigenvalue weighted by atomic mass is 10.0. The highest BCUT2D eigenvalue weighted by molar-refractivity contribution is 9.10. The number of halogens is 2. The molecule has 0 amide bonds. The first-order valence-electron chi connectivity index (χ1n) is 4.05. The molecule has 1 rings (SSSR count). The molecule has 0 saturated carbocycles. The number of nitrogens with two attached hydrogens (primary N) is 1. The van der Waals surface area contributed by atoms with E-state index in [0.717, 1.165) is 12.1 Å². The fraction of sp³-hybridized carbons (Fsp3) is 0.333. The maximum atomic E-state index is 13.0. The maximum absolute atomic E-state index is 13.0. The number of aliphatic hydroxyl groups is 1. The quantitative estimate of drug-likeness (QED) is 0.761. The van der Waals surface area contributed by atoms with E-state index < -0.39 is 18.0 Å². The van der Waals surface area contributed by atoms with Crippen molar-refractivity contribution >= 4 is 15.9 Å². The highest BCUT2D eigenvalue weighted by Gasteiger charge is 2.18. The molecule has 2 atom stereocenters. The standard InChI is InChI=1S/C9H11BrFNO2/c1-4(13)8(12)6-2-5(11)3-7(10)9(6)14/h2-4,8,13-14H,12H2,1H3/t4?,8-/m1/s1. The van der Waals surface area contributed by atoms with Gasteiger partial charge in [0.05, 0.1) is 16.6 Å². The van der Waals surface area contributed by atoms with E-state index in [-0.39, 0.29) is 15.8 Å². The highest BCUT2D eigenvalue weighted by atomic mass is 79.9. The Hall–Kier alpha value is -0.650. The minimum absolute atomic E-state index is 0.139. The first kappa shape index (κ1) is 11.4. The summed E-state index contributed by atoms with van der Waals surface area (Å²) in [4.78, 5) is 0. The van der Waals surface area contributed by atoms with Gasteiger partial charge in [-0.05, 0) is 35.0 Å². The monoisotopic (exact) mass is 263 g/mol. The summed E-state index contributed by atoms with van der Waals surface area (Å²) in [6.45, 7) is 1.48. The van der Waals surface area contributed by atoms with Crippen LogP contribution in [0.15, 0.2) is 16.6 Å². The van der Waals surface area contributed by atoms with Crippen LogP contribution in [0.4, 0.5) is 4.39 Å². The van der Waals surface area contributed by atoms with E-state index in [4.69, 9.17) is 5.73 Å². The first-order valence-corrected chi connectivity index (χ1v) is 4.84. The summed E-state index contributed by atoms with van der Waals surface area (Å²) in [5, 5.41) is 18.7. The molecule has 0 aliphatic heterocycles. The molecule has 3 nitrogen and oxygen atoms in total. The average Bonchev–Trinajstić information content (AvgIpc) is 2.09. The molecular weight excluding hydrogens is 253 g/mol. The predicted octanol–water partition coefficient (Wildman–Crippen LogP) is 1.67. The van der Waals surface area contributed by atoms with Crippen molar-refractivity contribution in [3.05, 3.63) is 28.0 Å². The van der Waals surface area contributed by atoms with Crippen LogP contribution in [0, 0.1) is 5.82 Å².